The molecule has 1 aliphatic heterocycles. The smallest absolute Gasteiger partial charge is 0.341 e. The van der Waals surface area contributed by atoms with Crippen molar-refractivity contribution in [3.8, 4) is 0 Å². The van der Waals surface area contributed by atoms with E-state index in [1.807, 2.05) is 49.4 Å². The van der Waals surface area contributed by atoms with Crippen molar-refractivity contribution in [2.75, 3.05) is 0 Å². The van der Waals surface area contributed by atoms with Gasteiger partial charge in [-0.15, -0.1) is 0 Å². The van der Waals surface area contributed by atoms with Gasteiger partial charge < -0.3 is 4.74 Å². The number of rotatable bonds is 4. The number of hydrogen-bond donors (Lipinski definition) is 0. The first-order chi connectivity index (χ1) is 11.5. The number of halogens is 1. The third-order valence-corrected chi connectivity index (χ3v) is 4.29. The molecule has 0 aromatic heterocycles. The van der Waals surface area contributed by atoms with Crippen LogP contribution in [0.15, 0.2) is 65.7 Å². The van der Waals surface area contributed by atoms with E-state index in [0.717, 1.165) is 11.1 Å². The Morgan fingerprint density at radius 2 is 1.79 bits per heavy atom. The Hall–Kier alpha value is -2.75. The number of aliphatic imine (C=N–C) groups is 1. The molecule has 2 atom stereocenters. The van der Waals surface area contributed by atoms with Gasteiger partial charge in [0.1, 0.15) is 5.82 Å². The van der Waals surface area contributed by atoms with Crippen molar-refractivity contribution in [1.82, 2.24) is 0 Å². The van der Waals surface area contributed by atoms with Gasteiger partial charge in [0.15, 0.2) is 5.54 Å². The Labute approximate surface area is 140 Å². The number of benzene rings is 2. The number of hydrogen-bond acceptors (Lipinski definition) is 3. The molecule has 0 aliphatic carbocycles. The standard InChI is InChI=1S/C20H18FNO2/c1-14(8-9-15-10-12-17(21)13-11-15)20(2)19(23)24-18(22-20)16-6-4-3-5-7-16/h3-14H,1-2H3/b9-8+/t14?,20-/m1/s1. The summed E-state index contributed by atoms with van der Waals surface area (Å²) in [6, 6.07) is 15.5. The van der Waals surface area contributed by atoms with Crippen LogP contribution in [0.25, 0.3) is 6.08 Å². The Balaban J connectivity index is 1.82. The summed E-state index contributed by atoms with van der Waals surface area (Å²) in [6.07, 6.45) is 3.75. The van der Waals surface area contributed by atoms with Gasteiger partial charge in [-0.3, -0.25) is 0 Å². The molecular weight excluding hydrogens is 305 g/mol. The SMILES string of the molecule is CC(/C=C/c1ccc(F)cc1)[C@@]1(C)N=C(c2ccccc2)OC1=O. The molecule has 0 saturated carbocycles. The van der Waals surface area contributed by atoms with Crippen LogP contribution in [0.1, 0.15) is 25.0 Å². The van der Waals surface area contributed by atoms with Gasteiger partial charge in [-0.05, 0) is 36.8 Å². The minimum absolute atomic E-state index is 0.170. The molecule has 0 amide bonds. The minimum Gasteiger partial charge on any atom is -0.405 e. The van der Waals surface area contributed by atoms with Crippen LogP contribution < -0.4 is 0 Å². The summed E-state index contributed by atoms with van der Waals surface area (Å²) in [5, 5.41) is 0. The molecule has 122 valence electrons. The molecule has 24 heavy (non-hydrogen) atoms. The van der Waals surface area contributed by atoms with Crippen molar-refractivity contribution < 1.29 is 13.9 Å². The lowest BCUT2D eigenvalue weighted by molar-refractivity contribution is -0.139. The molecule has 0 spiro atoms. The van der Waals surface area contributed by atoms with Crippen molar-refractivity contribution >= 4 is 17.9 Å². The lowest BCUT2D eigenvalue weighted by atomic mass is 9.87. The van der Waals surface area contributed by atoms with Gasteiger partial charge in [0.05, 0.1) is 0 Å². The van der Waals surface area contributed by atoms with Crippen LogP contribution in [0.3, 0.4) is 0 Å². The first kappa shape index (κ1) is 16.1. The van der Waals surface area contributed by atoms with E-state index in [4.69, 9.17) is 4.74 Å². The molecule has 1 heterocycles. The molecule has 0 radical (unpaired) electrons. The van der Waals surface area contributed by atoms with Crippen molar-refractivity contribution in [3.05, 3.63) is 77.6 Å². The van der Waals surface area contributed by atoms with Gasteiger partial charge in [-0.1, -0.05) is 49.4 Å². The Kier molecular flexibility index (Phi) is 4.30. The summed E-state index contributed by atoms with van der Waals surface area (Å²) in [5.74, 6) is -0.456. The zero-order valence-electron chi connectivity index (χ0n) is 13.6. The number of nitrogens with zero attached hydrogens (tertiary/aromatic N) is 1. The lowest BCUT2D eigenvalue weighted by Gasteiger charge is -2.21. The van der Waals surface area contributed by atoms with E-state index in [-0.39, 0.29) is 17.7 Å². The van der Waals surface area contributed by atoms with E-state index in [9.17, 15) is 9.18 Å². The highest BCUT2D eigenvalue weighted by Gasteiger charge is 2.45. The molecule has 0 saturated heterocycles. The molecule has 3 nitrogen and oxygen atoms in total. The average Bonchev–Trinajstić information content (AvgIpc) is 2.91. The summed E-state index contributed by atoms with van der Waals surface area (Å²) in [4.78, 5) is 16.9. The van der Waals surface area contributed by atoms with Gasteiger partial charge in [0.25, 0.3) is 0 Å². The topological polar surface area (TPSA) is 38.7 Å². The summed E-state index contributed by atoms with van der Waals surface area (Å²) >= 11 is 0. The molecule has 0 fully saturated rings. The molecule has 2 aromatic rings. The van der Waals surface area contributed by atoms with E-state index in [0.29, 0.717) is 5.90 Å². The predicted molar refractivity (Wildman–Crippen MR) is 92.1 cm³/mol. The molecule has 0 bridgehead atoms. The zero-order valence-corrected chi connectivity index (χ0v) is 13.6. The number of ether oxygens (including phenoxy) is 1. The summed E-state index contributed by atoms with van der Waals surface area (Å²) in [5.41, 5.74) is 0.677. The van der Waals surface area contributed by atoms with E-state index >= 15 is 0 Å². The molecule has 3 rings (SSSR count). The van der Waals surface area contributed by atoms with Crippen LogP contribution in [0.2, 0.25) is 0 Å². The fraction of sp³-hybridized carbons (Fsp3) is 0.200. The maximum absolute atomic E-state index is 12.9. The quantitative estimate of drug-likeness (QED) is 0.790. The molecule has 0 N–H and O–H groups in total. The summed E-state index contributed by atoms with van der Waals surface area (Å²) < 4.78 is 18.3. The van der Waals surface area contributed by atoms with E-state index in [2.05, 4.69) is 4.99 Å². The van der Waals surface area contributed by atoms with Crippen molar-refractivity contribution in [2.45, 2.75) is 19.4 Å². The van der Waals surface area contributed by atoms with Crippen LogP contribution in [-0.4, -0.2) is 17.4 Å². The Morgan fingerprint density at radius 3 is 2.46 bits per heavy atom. The third-order valence-electron chi connectivity index (χ3n) is 4.29. The maximum atomic E-state index is 12.9. The van der Waals surface area contributed by atoms with Crippen molar-refractivity contribution in [2.24, 2.45) is 10.9 Å². The van der Waals surface area contributed by atoms with Crippen molar-refractivity contribution in [1.29, 1.82) is 0 Å². The van der Waals surface area contributed by atoms with E-state index in [1.165, 1.54) is 12.1 Å². The monoisotopic (exact) mass is 323 g/mol. The highest BCUT2D eigenvalue weighted by atomic mass is 19.1. The fourth-order valence-electron chi connectivity index (χ4n) is 2.48. The number of carbonyl (C=O) groups is 1. The molecule has 4 heteroatoms. The maximum Gasteiger partial charge on any atom is 0.341 e. The Morgan fingerprint density at radius 1 is 1.12 bits per heavy atom. The number of cyclic esters (lactones) is 1. The van der Waals surface area contributed by atoms with Crippen molar-refractivity contribution in [3.63, 3.8) is 0 Å². The lowest BCUT2D eigenvalue weighted by Crippen LogP contribution is -2.36. The van der Waals surface area contributed by atoms with E-state index in [1.54, 1.807) is 19.1 Å². The summed E-state index contributed by atoms with van der Waals surface area (Å²) in [7, 11) is 0. The summed E-state index contributed by atoms with van der Waals surface area (Å²) in [6.45, 7) is 3.68. The first-order valence-electron chi connectivity index (χ1n) is 7.80. The Bertz CT molecular complexity index is 796. The zero-order chi connectivity index (χ0) is 17.2. The molecular formula is C20H18FNO2. The molecule has 2 aromatic carbocycles. The fourth-order valence-corrected chi connectivity index (χ4v) is 2.48. The molecule has 1 aliphatic rings. The number of carbonyl (C=O) groups excluding carboxylic acids is 1. The van der Waals surface area contributed by atoms with Crippen LogP contribution in [0, 0.1) is 11.7 Å². The molecule has 1 unspecified atom stereocenters. The van der Waals surface area contributed by atoms with Crippen LogP contribution >= 0.6 is 0 Å². The number of esters is 1. The van der Waals surface area contributed by atoms with Gasteiger partial charge in [-0.2, -0.15) is 0 Å². The van der Waals surface area contributed by atoms with E-state index < -0.39 is 5.54 Å². The third kappa shape index (κ3) is 3.13. The van der Waals surface area contributed by atoms with Crippen LogP contribution in [0.5, 0.6) is 0 Å². The van der Waals surface area contributed by atoms with Crippen LogP contribution in [0.4, 0.5) is 4.39 Å². The average molecular weight is 323 g/mol. The highest BCUT2D eigenvalue weighted by Crippen LogP contribution is 2.31. The van der Waals surface area contributed by atoms with Crippen LogP contribution in [-0.2, 0) is 9.53 Å². The van der Waals surface area contributed by atoms with Gasteiger partial charge in [0.2, 0.25) is 5.90 Å². The predicted octanol–water partition coefficient (Wildman–Crippen LogP) is 4.24. The second-order valence-corrected chi connectivity index (χ2v) is 6.02. The minimum atomic E-state index is -0.971. The second kappa shape index (κ2) is 6.40. The van der Waals surface area contributed by atoms with Gasteiger partial charge in [0, 0.05) is 11.5 Å². The highest BCUT2D eigenvalue weighted by molar-refractivity contribution is 6.08. The van der Waals surface area contributed by atoms with Gasteiger partial charge >= 0.3 is 5.97 Å². The second-order valence-electron chi connectivity index (χ2n) is 6.02. The van der Waals surface area contributed by atoms with Gasteiger partial charge in [-0.25, -0.2) is 14.2 Å². The largest absolute Gasteiger partial charge is 0.405 e. The normalized spacial score (nSPS) is 21.6. The first-order valence-corrected chi connectivity index (χ1v) is 7.80.